The summed E-state index contributed by atoms with van der Waals surface area (Å²) in [5, 5.41) is 8.99. The molecule has 2 aromatic rings. The number of aromatic nitrogens is 3. The van der Waals surface area contributed by atoms with Crippen LogP contribution in [-0.2, 0) is 6.54 Å². The Morgan fingerprint density at radius 3 is 2.83 bits per heavy atom. The first-order chi connectivity index (χ1) is 8.70. The van der Waals surface area contributed by atoms with Gasteiger partial charge < -0.3 is 4.57 Å². The molecule has 3 nitrogen and oxygen atoms in total. The first-order valence-corrected chi connectivity index (χ1v) is 6.49. The van der Waals surface area contributed by atoms with E-state index >= 15 is 0 Å². The highest BCUT2D eigenvalue weighted by molar-refractivity contribution is 7.99. The van der Waals surface area contributed by atoms with Crippen LogP contribution >= 0.6 is 11.8 Å². The third-order valence-corrected chi connectivity index (χ3v) is 3.68. The summed E-state index contributed by atoms with van der Waals surface area (Å²) in [5.41, 5.74) is 1.06. The Morgan fingerprint density at radius 1 is 1.44 bits per heavy atom. The summed E-state index contributed by atoms with van der Waals surface area (Å²) in [6.45, 7) is 6.44. The van der Waals surface area contributed by atoms with Gasteiger partial charge in [-0.3, -0.25) is 0 Å². The summed E-state index contributed by atoms with van der Waals surface area (Å²) in [6.07, 6.45) is 3.48. The van der Waals surface area contributed by atoms with Gasteiger partial charge in [0.05, 0.1) is 0 Å². The molecule has 0 aliphatic carbocycles. The van der Waals surface area contributed by atoms with E-state index in [2.05, 4.69) is 23.7 Å². The van der Waals surface area contributed by atoms with Crippen LogP contribution in [0.4, 0.5) is 4.39 Å². The first-order valence-electron chi connectivity index (χ1n) is 5.61. The molecule has 1 heterocycles. The van der Waals surface area contributed by atoms with Gasteiger partial charge in [-0.2, -0.15) is 0 Å². The van der Waals surface area contributed by atoms with Crippen LogP contribution in [0.2, 0.25) is 0 Å². The minimum absolute atomic E-state index is 0.193. The molecule has 1 aromatic heterocycles. The lowest BCUT2D eigenvalue weighted by molar-refractivity contribution is 0.627. The standard InChI is InChI=1S/C13H14FN3S/c1-3-8-17-9-15-16-13(17)18-10(2)11-4-6-12(14)7-5-11/h3-7,9-10H,1,8H2,2H3/t10-/m1/s1. The predicted octanol–water partition coefficient (Wildman–Crippen LogP) is 3.46. The number of nitrogens with zero attached hydrogens (tertiary/aromatic N) is 3. The van der Waals surface area contributed by atoms with E-state index in [0.717, 1.165) is 10.7 Å². The smallest absolute Gasteiger partial charge is 0.191 e. The van der Waals surface area contributed by atoms with E-state index in [-0.39, 0.29) is 11.1 Å². The van der Waals surface area contributed by atoms with Gasteiger partial charge in [-0.15, -0.1) is 16.8 Å². The maximum atomic E-state index is 12.8. The molecule has 0 unspecified atom stereocenters. The van der Waals surface area contributed by atoms with Gasteiger partial charge in [0.25, 0.3) is 0 Å². The summed E-state index contributed by atoms with van der Waals surface area (Å²) in [4.78, 5) is 0. The van der Waals surface area contributed by atoms with Gasteiger partial charge in [0.2, 0.25) is 0 Å². The second kappa shape index (κ2) is 5.82. The summed E-state index contributed by atoms with van der Waals surface area (Å²) in [7, 11) is 0. The number of halogens is 1. The molecule has 94 valence electrons. The first kappa shape index (κ1) is 12.8. The molecule has 0 saturated heterocycles. The molecule has 0 bridgehead atoms. The fourth-order valence-electron chi connectivity index (χ4n) is 1.56. The van der Waals surface area contributed by atoms with Crippen LogP contribution in [0.3, 0.4) is 0 Å². The van der Waals surface area contributed by atoms with Crippen molar-refractivity contribution in [2.75, 3.05) is 0 Å². The van der Waals surface area contributed by atoms with E-state index in [9.17, 15) is 4.39 Å². The molecule has 0 aliphatic rings. The van der Waals surface area contributed by atoms with Crippen LogP contribution in [0.5, 0.6) is 0 Å². The SMILES string of the molecule is C=CCn1cnnc1S[C@H](C)c1ccc(F)cc1. The highest BCUT2D eigenvalue weighted by Gasteiger charge is 2.12. The van der Waals surface area contributed by atoms with Crippen molar-refractivity contribution in [2.45, 2.75) is 23.9 Å². The predicted molar refractivity (Wildman–Crippen MR) is 70.9 cm³/mol. The Kier molecular flexibility index (Phi) is 4.15. The number of thioether (sulfide) groups is 1. The second-order valence-corrected chi connectivity index (χ2v) is 5.17. The third kappa shape index (κ3) is 2.98. The fourth-order valence-corrected chi connectivity index (χ4v) is 2.52. The second-order valence-electron chi connectivity index (χ2n) is 3.87. The zero-order valence-corrected chi connectivity index (χ0v) is 10.9. The molecule has 1 atom stereocenters. The molecule has 0 saturated carbocycles. The van der Waals surface area contributed by atoms with E-state index in [4.69, 9.17) is 0 Å². The largest absolute Gasteiger partial charge is 0.305 e. The molecule has 0 aliphatic heterocycles. The van der Waals surface area contributed by atoms with E-state index in [1.54, 1.807) is 36.3 Å². The maximum Gasteiger partial charge on any atom is 0.191 e. The lowest BCUT2D eigenvalue weighted by Gasteiger charge is -2.11. The molecular weight excluding hydrogens is 249 g/mol. The third-order valence-electron chi connectivity index (χ3n) is 2.53. The summed E-state index contributed by atoms with van der Waals surface area (Å²) in [5.74, 6) is -0.217. The Labute approximate surface area is 110 Å². The van der Waals surface area contributed by atoms with Gasteiger partial charge in [-0.1, -0.05) is 30.0 Å². The number of benzene rings is 1. The summed E-state index contributed by atoms with van der Waals surface area (Å²) in [6, 6.07) is 6.53. The van der Waals surface area contributed by atoms with Crippen molar-refractivity contribution in [1.29, 1.82) is 0 Å². The highest BCUT2D eigenvalue weighted by atomic mass is 32.2. The molecule has 0 amide bonds. The van der Waals surface area contributed by atoms with Gasteiger partial charge in [0, 0.05) is 11.8 Å². The van der Waals surface area contributed by atoms with Gasteiger partial charge in [0.15, 0.2) is 5.16 Å². The van der Waals surface area contributed by atoms with Crippen LogP contribution in [0.15, 0.2) is 48.4 Å². The van der Waals surface area contributed by atoms with E-state index in [1.807, 2.05) is 4.57 Å². The lowest BCUT2D eigenvalue weighted by Crippen LogP contribution is -1.97. The molecule has 2 rings (SSSR count). The van der Waals surface area contributed by atoms with Crippen molar-refractivity contribution in [3.63, 3.8) is 0 Å². The average molecular weight is 263 g/mol. The van der Waals surface area contributed by atoms with E-state index in [1.165, 1.54) is 12.1 Å². The monoisotopic (exact) mass is 263 g/mol. The topological polar surface area (TPSA) is 30.7 Å². The number of rotatable bonds is 5. The molecule has 0 N–H and O–H groups in total. The van der Waals surface area contributed by atoms with Crippen molar-refractivity contribution in [1.82, 2.24) is 14.8 Å². The summed E-state index contributed by atoms with van der Waals surface area (Å²) >= 11 is 1.59. The van der Waals surface area contributed by atoms with Gasteiger partial charge in [-0.05, 0) is 24.6 Å². The van der Waals surface area contributed by atoms with Gasteiger partial charge in [0.1, 0.15) is 12.1 Å². The summed E-state index contributed by atoms with van der Waals surface area (Å²) < 4.78 is 14.8. The van der Waals surface area contributed by atoms with Crippen molar-refractivity contribution in [2.24, 2.45) is 0 Å². The quantitative estimate of drug-likeness (QED) is 0.611. The minimum Gasteiger partial charge on any atom is -0.305 e. The Morgan fingerprint density at radius 2 is 2.17 bits per heavy atom. The average Bonchev–Trinajstić information content (AvgIpc) is 2.78. The highest BCUT2D eigenvalue weighted by Crippen LogP contribution is 2.33. The zero-order chi connectivity index (χ0) is 13.0. The van der Waals surface area contributed by atoms with Crippen LogP contribution < -0.4 is 0 Å². The Hall–Kier alpha value is -1.62. The van der Waals surface area contributed by atoms with Crippen molar-refractivity contribution in [3.8, 4) is 0 Å². The number of hydrogen-bond acceptors (Lipinski definition) is 3. The van der Waals surface area contributed by atoms with Crippen LogP contribution in [0.25, 0.3) is 0 Å². The Balaban J connectivity index is 2.10. The molecule has 0 spiro atoms. The molecule has 0 radical (unpaired) electrons. The molecule has 1 aromatic carbocycles. The zero-order valence-electron chi connectivity index (χ0n) is 10.1. The fraction of sp³-hybridized carbons (Fsp3) is 0.231. The van der Waals surface area contributed by atoms with Crippen LogP contribution in [0, 0.1) is 5.82 Å². The normalized spacial score (nSPS) is 12.3. The van der Waals surface area contributed by atoms with E-state index < -0.39 is 0 Å². The molecule has 0 fully saturated rings. The molecule has 18 heavy (non-hydrogen) atoms. The van der Waals surface area contributed by atoms with Crippen molar-refractivity contribution >= 4 is 11.8 Å². The minimum atomic E-state index is -0.217. The van der Waals surface area contributed by atoms with Crippen molar-refractivity contribution in [3.05, 3.63) is 54.6 Å². The number of allylic oxidation sites excluding steroid dienone is 1. The van der Waals surface area contributed by atoms with Crippen LogP contribution in [0.1, 0.15) is 17.7 Å². The van der Waals surface area contributed by atoms with Crippen LogP contribution in [-0.4, -0.2) is 14.8 Å². The van der Waals surface area contributed by atoms with Crippen molar-refractivity contribution < 1.29 is 4.39 Å². The maximum absolute atomic E-state index is 12.8. The molecule has 5 heteroatoms. The molecular formula is C13H14FN3S. The lowest BCUT2D eigenvalue weighted by atomic mass is 10.2. The Bertz CT molecular complexity index is 521. The van der Waals surface area contributed by atoms with Gasteiger partial charge in [-0.25, -0.2) is 4.39 Å². The van der Waals surface area contributed by atoms with E-state index in [0.29, 0.717) is 6.54 Å². The number of hydrogen-bond donors (Lipinski definition) is 0. The van der Waals surface area contributed by atoms with Gasteiger partial charge >= 0.3 is 0 Å².